The van der Waals surface area contributed by atoms with E-state index in [1.54, 1.807) is 22.6 Å². The predicted molar refractivity (Wildman–Crippen MR) is 120 cm³/mol. The van der Waals surface area contributed by atoms with Crippen LogP contribution in [0, 0.1) is 4.77 Å². The first-order chi connectivity index (χ1) is 15.1. The van der Waals surface area contributed by atoms with Crippen LogP contribution in [0.4, 0.5) is 0 Å². The van der Waals surface area contributed by atoms with Crippen molar-refractivity contribution in [1.82, 2.24) is 29.9 Å². The van der Waals surface area contributed by atoms with Gasteiger partial charge < -0.3 is 14.6 Å². The topological polar surface area (TPSA) is 89.8 Å². The molecule has 1 amide bonds. The van der Waals surface area contributed by atoms with Crippen LogP contribution in [0.15, 0.2) is 60.8 Å². The van der Waals surface area contributed by atoms with Gasteiger partial charge in [-0.1, -0.05) is 30.3 Å². The number of nitrogens with one attached hydrogen (secondary N) is 2. The number of aromatic nitrogens is 5. The van der Waals surface area contributed by atoms with Crippen molar-refractivity contribution in [3.05, 3.63) is 77.0 Å². The van der Waals surface area contributed by atoms with Gasteiger partial charge in [0, 0.05) is 31.8 Å². The van der Waals surface area contributed by atoms with Crippen LogP contribution in [0.1, 0.15) is 16.2 Å². The number of H-pyrrole nitrogens is 1. The number of aromatic amines is 1. The van der Waals surface area contributed by atoms with Crippen LogP contribution >= 0.6 is 12.2 Å². The maximum Gasteiger partial charge on any atom is 0.255 e. The minimum Gasteiger partial charge on any atom is -0.497 e. The highest BCUT2D eigenvalue weighted by Gasteiger charge is 2.19. The van der Waals surface area contributed by atoms with E-state index >= 15 is 0 Å². The third-order valence-electron chi connectivity index (χ3n) is 4.93. The number of amides is 1. The third-order valence-corrected chi connectivity index (χ3v) is 5.29. The Labute approximate surface area is 184 Å². The van der Waals surface area contributed by atoms with Gasteiger partial charge in [-0.05, 0) is 36.5 Å². The Morgan fingerprint density at radius 1 is 1.19 bits per heavy atom. The second-order valence-corrected chi connectivity index (χ2v) is 7.30. The van der Waals surface area contributed by atoms with Crippen LogP contribution in [0.5, 0.6) is 5.75 Å². The molecule has 0 unspecified atom stereocenters. The second kappa shape index (κ2) is 8.97. The van der Waals surface area contributed by atoms with Gasteiger partial charge in [-0.25, -0.2) is 4.68 Å². The average Bonchev–Trinajstić information content (AvgIpc) is 3.39. The number of hydrogen-bond donors (Lipinski definition) is 2. The Balaban J connectivity index is 1.62. The van der Waals surface area contributed by atoms with Crippen molar-refractivity contribution < 1.29 is 9.53 Å². The van der Waals surface area contributed by atoms with Crippen molar-refractivity contribution in [3.8, 4) is 22.7 Å². The minimum atomic E-state index is -0.211. The molecule has 0 fully saturated rings. The van der Waals surface area contributed by atoms with Gasteiger partial charge in [0.1, 0.15) is 17.3 Å². The van der Waals surface area contributed by atoms with Crippen LogP contribution in [0.2, 0.25) is 0 Å². The van der Waals surface area contributed by atoms with E-state index in [-0.39, 0.29) is 5.91 Å². The lowest BCUT2D eigenvalue weighted by atomic mass is 10.1. The van der Waals surface area contributed by atoms with E-state index in [9.17, 15) is 4.79 Å². The molecule has 2 aromatic carbocycles. The summed E-state index contributed by atoms with van der Waals surface area (Å²) in [6.07, 6.45) is 2.30. The molecule has 0 bridgehead atoms. The predicted octanol–water partition coefficient (Wildman–Crippen LogP) is 3.31. The molecule has 9 heteroatoms. The zero-order valence-electron chi connectivity index (χ0n) is 17.2. The highest BCUT2D eigenvalue weighted by molar-refractivity contribution is 7.71. The van der Waals surface area contributed by atoms with E-state index in [0.717, 1.165) is 17.1 Å². The molecule has 158 valence electrons. The molecular weight excluding hydrogens is 412 g/mol. The maximum atomic E-state index is 13.1. The molecule has 0 saturated heterocycles. The number of hydrogen-bond acceptors (Lipinski definition) is 5. The molecule has 0 aliphatic rings. The zero-order chi connectivity index (χ0) is 21.8. The van der Waals surface area contributed by atoms with Gasteiger partial charge in [0.05, 0.1) is 18.4 Å². The first-order valence-corrected chi connectivity index (χ1v) is 10.2. The molecule has 2 heterocycles. The fourth-order valence-electron chi connectivity index (χ4n) is 3.22. The van der Waals surface area contributed by atoms with Crippen LogP contribution in [0.3, 0.4) is 0 Å². The van der Waals surface area contributed by atoms with E-state index in [2.05, 4.69) is 15.5 Å². The summed E-state index contributed by atoms with van der Waals surface area (Å²) >= 11 is 5.13. The van der Waals surface area contributed by atoms with E-state index in [1.807, 2.05) is 61.6 Å². The highest BCUT2D eigenvalue weighted by Crippen LogP contribution is 2.27. The van der Waals surface area contributed by atoms with Gasteiger partial charge >= 0.3 is 0 Å². The summed E-state index contributed by atoms with van der Waals surface area (Å²) in [4.78, 5) is 13.1. The number of para-hydroxylation sites is 1. The van der Waals surface area contributed by atoms with Crippen molar-refractivity contribution in [1.29, 1.82) is 0 Å². The minimum absolute atomic E-state index is 0.211. The van der Waals surface area contributed by atoms with Crippen molar-refractivity contribution in [3.63, 3.8) is 0 Å². The number of rotatable bonds is 7. The molecule has 0 radical (unpaired) electrons. The van der Waals surface area contributed by atoms with Crippen LogP contribution in [-0.2, 0) is 13.5 Å². The Bertz CT molecular complexity index is 1260. The number of carbonyl (C=O) groups is 1. The Morgan fingerprint density at radius 3 is 2.71 bits per heavy atom. The van der Waals surface area contributed by atoms with Gasteiger partial charge in [0.25, 0.3) is 5.91 Å². The SMILES string of the molecule is COc1cccc(-c2nn(-c3ccccc3)cc2C(=O)NCCc2n[nH]c(=S)n2C)c1. The normalized spacial score (nSPS) is 10.8. The van der Waals surface area contributed by atoms with Gasteiger partial charge in [0.15, 0.2) is 4.77 Å². The summed E-state index contributed by atoms with van der Waals surface area (Å²) in [5.41, 5.74) is 2.73. The summed E-state index contributed by atoms with van der Waals surface area (Å²) in [6, 6.07) is 17.2. The van der Waals surface area contributed by atoms with Crippen molar-refractivity contribution in [2.45, 2.75) is 6.42 Å². The quantitative estimate of drug-likeness (QED) is 0.436. The standard InChI is InChI=1S/C22H22N6O2S/c1-27-19(24-25-22(27)31)11-12-23-21(29)18-14-28(16-8-4-3-5-9-16)26-20(18)15-7-6-10-17(13-15)30-2/h3-10,13-14H,11-12H2,1-2H3,(H,23,29)(H,25,31). The fourth-order valence-corrected chi connectivity index (χ4v) is 3.37. The largest absolute Gasteiger partial charge is 0.497 e. The van der Waals surface area contributed by atoms with Gasteiger partial charge in [-0.2, -0.15) is 10.2 Å². The highest BCUT2D eigenvalue weighted by atomic mass is 32.1. The van der Waals surface area contributed by atoms with E-state index < -0.39 is 0 Å². The molecule has 4 aromatic rings. The number of ether oxygens (including phenoxy) is 1. The Kier molecular flexibility index (Phi) is 5.94. The van der Waals surface area contributed by atoms with Crippen LogP contribution < -0.4 is 10.1 Å². The Hall–Kier alpha value is -3.72. The van der Waals surface area contributed by atoms with Gasteiger partial charge in [-0.15, -0.1) is 0 Å². The molecule has 0 saturated carbocycles. The van der Waals surface area contributed by atoms with Crippen molar-refractivity contribution >= 4 is 18.1 Å². The molecule has 4 rings (SSSR count). The van der Waals surface area contributed by atoms with E-state index in [1.165, 1.54) is 0 Å². The zero-order valence-corrected chi connectivity index (χ0v) is 18.0. The van der Waals surface area contributed by atoms with E-state index in [4.69, 9.17) is 22.1 Å². The first-order valence-electron chi connectivity index (χ1n) is 9.75. The molecular formula is C22H22N6O2S. The summed E-state index contributed by atoms with van der Waals surface area (Å²) in [5, 5.41) is 14.6. The van der Waals surface area contributed by atoms with Gasteiger partial charge in [-0.3, -0.25) is 9.89 Å². The summed E-state index contributed by atoms with van der Waals surface area (Å²) < 4.78 is 9.38. The summed E-state index contributed by atoms with van der Waals surface area (Å²) in [6.45, 7) is 0.417. The van der Waals surface area contributed by atoms with Gasteiger partial charge in [0.2, 0.25) is 0 Å². The molecule has 0 spiro atoms. The number of nitrogens with zero attached hydrogens (tertiary/aromatic N) is 4. The maximum absolute atomic E-state index is 13.1. The molecule has 0 aliphatic heterocycles. The number of methoxy groups -OCH3 is 1. The Morgan fingerprint density at radius 2 is 2.00 bits per heavy atom. The lowest BCUT2D eigenvalue weighted by Crippen LogP contribution is -2.26. The smallest absolute Gasteiger partial charge is 0.255 e. The van der Waals surface area contributed by atoms with Crippen molar-refractivity contribution in [2.24, 2.45) is 7.05 Å². The molecule has 0 atom stereocenters. The number of benzene rings is 2. The average molecular weight is 435 g/mol. The van der Waals surface area contributed by atoms with Crippen LogP contribution in [0.25, 0.3) is 16.9 Å². The fraction of sp³-hybridized carbons (Fsp3) is 0.182. The molecule has 31 heavy (non-hydrogen) atoms. The van der Waals surface area contributed by atoms with Crippen molar-refractivity contribution in [2.75, 3.05) is 13.7 Å². The van der Waals surface area contributed by atoms with E-state index in [0.29, 0.717) is 34.7 Å². The lowest BCUT2D eigenvalue weighted by molar-refractivity contribution is 0.0954. The molecule has 8 nitrogen and oxygen atoms in total. The van der Waals surface area contributed by atoms with Crippen LogP contribution in [-0.4, -0.2) is 44.1 Å². The lowest BCUT2D eigenvalue weighted by Gasteiger charge is -2.06. The number of carbonyl (C=O) groups excluding carboxylic acids is 1. The molecule has 2 aromatic heterocycles. The summed E-state index contributed by atoms with van der Waals surface area (Å²) in [7, 11) is 3.45. The molecule has 2 N–H and O–H groups in total. The molecule has 0 aliphatic carbocycles. The first kappa shape index (κ1) is 20.5. The summed E-state index contributed by atoms with van der Waals surface area (Å²) in [5.74, 6) is 1.26. The monoisotopic (exact) mass is 434 g/mol. The third kappa shape index (κ3) is 4.41. The second-order valence-electron chi connectivity index (χ2n) is 6.91.